The number of carbonyl (C=O) groups is 1. The number of carbonyl (C=O) groups excluding carboxylic acids is 1. The lowest BCUT2D eigenvalue weighted by molar-refractivity contribution is 0.0789. The molecule has 0 unspecified atom stereocenters. The highest BCUT2D eigenvalue weighted by Gasteiger charge is 2.25. The summed E-state index contributed by atoms with van der Waals surface area (Å²) in [5.41, 5.74) is 6.72. The van der Waals surface area contributed by atoms with Crippen LogP contribution < -0.4 is 5.73 Å². The van der Waals surface area contributed by atoms with Gasteiger partial charge in [0.1, 0.15) is 0 Å². The smallest absolute Gasteiger partial charge is 0.257 e. The largest absolute Gasteiger partial charge is 0.398 e. The van der Waals surface area contributed by atoms with Gasteiger partial charge in [-0.05, 0) is 24.8 Å². The van der Waals surface area contributed by atoms with Crippen molar-refractivity contribution in [3.05, 3.63) is 24.0 Å². The van der Waals surface area contributed by atoms with Crippen molar-refractivity contribution in [2.45, 2.75) is 12.8 Å². The van der Waals surface area contributed by atoms with Crippen LogP contribution in [-0.4, -0.2) is 29.4 Å². The van der Waals surface area contributed by atoms with Crippen molar-refractivity contribution in [2.24, 2.45) is 5.92 Å². The van der Waals surface area contributed by atoms with Gasteiger partial charge in [0.25, 0.3) is 5.91 Å². The van der Waals surface area contributed by atoms with Crippen molar-refractivity contribution < 1.29 is 4.79 Å². The predicted octanol–water partition coefficient (Wildman–Crippen LogP) is 1.57. The summed E-state index contributed by atoms with van der Waals surface area (Å²) < 4.78 is 0. The quantitative estimate of drug-likeness (QED) is 0.874. The number of nitrogens with zero attached hydrogens (tertiary/aromatic N) is 2. The number of pyridine rings is 1. The molecule has 0 aromatic carbocycles. The third-order valence-corrected chi connectivity index (χ3v) is 2.66. The van der Waals surface area contributed by atoms with Gasteiger partial charge in [-0.1, -0.05) is 0 Å². The summed E-state index contributed by atoms with van der Waals surface area (Å²) in [6, 6.07) is 1.65. The molecular weight excluding hydrogens is 226 g/mol. The fraction of sp³-hybridized carbons (Fsp3) is 0.455. The first-order chi connectivity index (χ1) is 7.18. The van der Waals surface area contributed by atoms with Crippen LogP contribution in [0.3, 0.4) is 0 Å². The topological polar surface area (TPSA) is 59.2 Å². The zero-order chi connectivity index (χ0) is 10.8. The molecule has 0 aliphatic heterocycles. The van der Waals surface area contributed by atoms with Gasteiger partial charge in [0, 0.05) is 31.7 Å². The van der Waals surface area contributed by atoms with Crippen molar-refractivity contribution in [1.82, 2.24) is 9.88 Å². The van der Waals surface area contributed by atoms with Gasteiger partial charge < -0.3 is 10.6 Å². The van der Waals surface area contributed by atoms with E-state index in [0.29, 0.717) is 17.2 Å². The molecule has 16 heavy (non-hydrogen) atoms. The van der Waals surface area contributed by atoms with Gasteiger partial charge in [-0.2, -0.15) is 0 Å². The maximum atomic E-state index is 11.9. The molecule has 5 heteroatoms. The highest BCUT2D eigenvalue weighted by Crippen LogP contribution is 2.29. The van der Waals surface area contributed by atoms with Crippen LogP contribution in [0.4, 0.5) is 5.69 Å². The number of nitrogens with two attached hydrogens (primary N) is 1. The van der Waals surface area contributed by atoms with E-state index >= 15 is 0 Å². The predicted molar refractivity (Wildman–Crippen MR) is 65.6 cm³/mol. The third kappa shape index (κ3) is 2.85. The number of hydrogen-bond donors (Lipinski definition) is 1. The van der Waals surface area contributed by atoms with Crippen molar-refractivity contribution in [3.63, 3.8) is 0 Å². The van der Waals surface area contributed by atoms with E-state index in [1.807, 2.05) is 7.05 Å². The van der Waals surface area contributed by atoms with E-state index in [2.05, 4.69) is 4.98 Å². The van der Waals surface area contributed by atoms with E-state index in [-0.39, 0.29) is 18.3 Å². The number of halogens is 1. The fourth-order valence-corrected chi connectivity index (χ4v) is 1.56. The van der Waals surface area contributed by atoms with Crippen LogP contribution in [0.2, 0.25) is 0 Å². The maximum Gasteiger partial charge on any atom is 0.257 e. The molecule has 1 aliphatic rings. The average Bonchev–Trinajstić information content (AvgIpc) is 3.01. The highest BCUT2D eigenvalue weighted by atomic mass is 35.5. The summed E-state index contributed by atoms with van der Waals surface area (Å²) in [7, 11) is 1.81. The van der Waals surface area contributed by atoms with E-state index < -0.39 is 0 Å². The Kier molecular flexibility index (Phi) is 4.12. The summed E-state index contributed by atoms with van der Waals surface area (Å²) in [6.07, 6.45) is 5.59. The van der Waals surface area contributed by atoms with Gasteiger partial charge >= 0.3 is 0 Å². The molecule has 1 aromatic heterocycles. The zero-order valence-corrected chi connectivity index (χ0v) is 10.0. The SMILES string of the molecule is CN(CC1CC1)C(=O)c1cnccc1N.Cl. The Balaban J connectivity index is 0.00000128. The fourth-order valence-electron chi connectivity index (χ4n) is 1.56. The molecule has 1 amide bonds. The maximum absolute atomic E-state index is 11.9. The van der Waals surface area contributed by atoms with Crippen molar-refractivity contribution in [1.29, 1.82) is 0 Å². The number of hydrogen-bond acceptors (Lipinski definition) is 3. The first kappa shape index (κ1) is 12.8. The lowest BCUT2D eigenvalue weighted by Crippen LogP contribution is -2.29. The molecule has 0 bridgehead atoms. The van der Waals surface area contributed by atoms with Crippen LogP contribution >= 0.6 is 12.4 Å². The Morgan fingerprint density at radius 2 is 2.31 bits per heavy atom. The number of nitrogen functional groups attached to an aromatic ring is 1. The molecule has 1 saturated carbocycles. The van der Waals surface area contributed by atoms with Crippen LogP contribution in [0.25, 0.3) is 0 Å². The van der Waals surface area contributed by atoms with Crippen LogP contribution in [0.1, 0.15) is 23.2 Å². The Morgan fingerprint density at radius 1 is 1.62 bits per heavy atom. The first-order valence-electron chi connectivity index (χ1n) is 5.13. The summed E-state index contributed by atoms with van der Waals surface area (Å²) in [4.78, 5) is 17.6. The van der Waals surface area contributed by atoms with Crippen LogP contribution in [0.5, 0.6) is 0 Å². The Labute approximate surface area is 101 Å². The Bertz CT molecular complexity index is 379. The van der Waals surface area contributed by atoms with Crippen molar-refractivity contribution in [3.8, 4) is 0 Å². The molecule has 88 valence electrons. The van der Waals surface area contributed by atoms with E-state index in [0.717, 1.165) is 6.54 Å². The Hall–Kier alpha value is -1.29. The summed E-state index contributed by atoms with van der Waals surface area (Å²) in [5.74, 6) is 0.657. The molecular formula is C11H16ClN3O. The van der Waals surface area contributed by atoms with Gasteiger partial charge in [-0.25, -0.2) is 0 Å². The number of rotatable bonds is 3. The average molecular weight is 242 g/mol. The third-order valence-electron chi connectivity index (χ3n) is 2.66. The van der Waals surface area contributed by atoms with Crippen molar-refractivity contribution in [2.75, 3.05) is 19.3 Å². The molecule has 1 fully saturated rings. The van der Waals surface area contributed by atoms with Crippen LogP contribution in [-0.2, 0) is 0 Å². The molecule has 2 rings (SSSR count). The molecule has 1 aromatic rings. The van der Waals surface area contributed by atoms with E-state index in [4.69, 9.17) is 5.73 Å². The number of aromatic nitrogens is 1. The molecule has 4 nitrogen and oxygen atoms in total. The number of amides is 1. The van der Waals surface area contributed by atoms with Crippen LogP contribution in [0, 0.1) is 5.92 Å². The molecule has 1 heterocycles. The van der Waals surface area contributed by atoms with Gasteiger partial charge in [-0.3, -0.25) is 9.78 Å². The van der Waals surface area contributed by atoms with Gasteiger partial charge in [0.05, 0.1) is 5.56 Å². The number of anilines is 1. The molecule has 0 spiro atoms. The molecule has 0 saturated heterocycles. The molecule has 0 atom stereocenters. The Morgan fingerprint density at radius 3 is 2.88 bits per heavy atom. The second-order valence-electron chi connectivity index (χ2n) is 4.09. The second kappa shape index (κ2) is 5.16. The monoisotopic (exact) mass is 241 g/mol. The zero-order valence-electron chi connectivity index (χ0n) is 9.22. The summed E-state index contributed by atoms with van der Waals surface area (Å²) in [6.45, 7) is 0.827. The second-order valence-corrected chi connectivity index (χ2v) is 4.09. The van der Waals surface area contributed by atoms with Crippen molar-refractivity contribution >= 4 is 24.0 Å². The molecule has 0 radical (unpaired) electrons. The lowest BCUT2D eigenvalue weighted by Gasteiger charge is -2.17. The minimum atomic E-state index is -0.0347. The van der Waals surface area contributed by atoms with E-state index in [9.17, 15) is 4.79 Å². The van der Waals surface area contributed by atoms with Gasteiger partial charge in [-0.15, -0.1) is 12.4 Å². The standard InChI is InChI=1S/C11H15N3O.ClH/c1-14(7-8-2-3-8)11(15)9-6-13-5-4-10(9)12;/h4-6,8H,2-3,7H2,1H3,(H2,12,13);1H. The van der Waals surface area contributed by atoms with E-state index in [1.165, 1.54) is 19.0 Å². The molecule has 2 N–H and O–H groups in total. The van der Waals surface area contributed by atoms with E-state index in [1.54, 1.807) is 17.2 Å². The minimum Gasteiger partial charge on any atom is -0.398 e. The minimum absolute atomic E-state index is 0. The lowest BCUT2D eigenvalue weighted by atomic mass is 10.2. The highest BCUT2D eigenvalue weighted by molar-refractivity contribution is 5.98. The summed E-state index contributed by atoms with van der Waals surface area (Å²) >= 11 is 0. The first-order valence-corrected chi connectivity index (χ1v) is 5.13. The summed E-state index contributed by atoms with van der Waals surface area (Å²) in [5, 5.41) is 0. The van der Waals surface area contributed by atoms with Gasteiger partial charge in [0.15, 0.2) is 0 Å². The normalized spacial score (nSPS) is 14.1. The van der Waals surface area contributed by atoms with Crippen LogP contribution in [0.15, 0.2) is 18.5 Å². The van der Waals surface area contributed by atoms with Gasteiger partial charge in [0.2, 0.25) is 0 Å². The molecule has 1 aliphatic carbocycles.